The van der Waals surface area contributed by atoms with Crippen LogP contribution in [-0.2, 0) is 9.53 Å². The predicted molar refractivity (Wildman–Crippen MR) is 55.0 cm³/mol. The zero-order chi connectivity index (χ0) is 9.40. The minimum atomic E-state index is -0.369. The summed E-state index contributed by atoms with van der Waals surface area (Å²) in [5.41, 5.74) is 5.56. The third-order valence-electron chi connectivity index (χ3n) is 1.54. The lowest BCUT2D eigenvalue weighted by molar-refractivity contribution is -0.122. The molecule has 13 heavy (non-hydrogen) atoms. The molecule has 0 aliphatic rings. The van der Waals surface area contributed by atoms with Crippen molar-refractivity contribution >= 4 is 18.3 Å². The molecule has 1 atom stereocenters. The second kappa shape index (κ2) is 9.77. The third-order valence-corrected chi connectivity index (χ3v) is 1.54. The van der Waals surface area contributed by atoms with E-state index in [0.29, 0.717) is 13.2 Å². The smallest absolute Gasteiger partial charge is 0.236 e. The van der Waals surface area contributed by atoms with Crippen LogP contribution in [0.3, 0.4) is 0 Å². The predicted octanol–water partition coefficient (Wildman–Crippen LogP) is 0.298. The minimum Gasteiger partial charge on any atom is -0.383 e. The van der Waals surface area contributed by atoms with Gasteiger partial charge < -0.3 is 15.8 Å². The first-order valence-electron chi connectivity index (χ1n) is 4.24. The van der Waals surface area contributed by atoms with Gasteiger partial charge in [0.2, 0.25) is 5.91 Å². The summed E-state index contributed by atoms with van der Waals surface area (Å²) in [6.07, 6.45) is 1.66. The van der Waals surface area contributed by atoms with Crippen LogP contribution in [0.15, 0.2) is 0 Å². The molecule has 0 fully saturated rings. The Hall–Kier alpha value is -0.320. The van der Waals surface area contributed by atoms with Crippen molar-refractivity contribution in [3.05, 3.63) is 0 Å². The normalized spacial score (nSPS) is 11.6. The van der Waals surface area contributed by atoms with Gasteiger partial charge >= 0.3 is 0 Å². The van der Waals surface area contributed by atoms with Gasteiger partial charge in [-0.25, -0.2) is 0 Å². The maximum Gasteiger partial charge on any atom is 0.236 e. The van der Waals surface area contributed by atoms with Crippen LogP contribution in [0.2, 0.25) is 0 Å². The van der Waals surface area contributed by atoms with Gasteiger partial charge in [0, 0.05) is 13.7 Å². The summed E-state index contributed by atoms with van der Waals surface area (Å²) in [5, 5.41) is 2.68. The first-order chi connectivity index (χ1) is 5.72. The van der Waals surface area contributed by atoms with Gasteiger partial charge in [-0.3, -0.25) is 4.79 Å². The van der Waals surface area contributed by atoms with Gasteiger partial charge in [-0.2, -0.15) is 0 Å². The van der Waals surface area contributed by atoms with E-state index in [-0.39, 0.29) is 24.4 Å². The number of halogens is 1. The first-order valence-corrected chi connectivity index (χ1v) is 4.24. The van der Waals surface area contributed by atoms with Crippen molar-refractivity contribution in [1.82, 2.24) is 5.32 Å². The van der Waals surface area contributed by atoms with Gasteiger partial charge in [0.1, 0.15) is 0 Å². The molecule has 0 aromatic carbocycles. The van der Waals surface area contributed by atoms with Crippen molar-refractivity contribution in [3.63, 3.8) is 0 Å². The number of rotatable bonds is 6. The van der Waals surface area contributed by atoms with Gasteiger partial charge in [0.25, 0.3) is 0 Å². The van der Waals surface area contributed by atoms with E-state index in [1.165, 1.54) is 0 Å². The highest BCUT2D eigenvalue weighted by atomic mass is 35.5. The van der Waals surface area contributed by atoms with E-state index < -0.39 is 0 Å². The van der Waals surface area contributed by atoms with Crippen LogP contribution in [0.1, 0.15) is 19.8 Å². The maximum atomic E-state index is 11.1. The minimum absolute atomic E-state index is 0. The highest BCUT2D eigenvalue weighted by Gasteiger charge is 2.10. The van der Waals surface area contributed by atoms with Crippen molar-refractivity contribution in [2.45, 2.75) is 25.8 Å². The highest BCUT2D eigenvalue weighted by Crippen LogP contribution is 1.92. The molecule has 0 saturated carbocycles. The summed E-state index contributed by atoms with van der Waals surface area (Å²) in [4.78, 5) is 11.1. The van der Waals surface area contributed by atoms with Gasteiger partial charge in [-0.15, -0.1) is 12.4 Å². The SMILES string of the molecule is CCCC(N)C(=O)NCCOC.Cl. The second-order valence-electron chi connectivity index (χ2n) is 2.68. The lowest BCUT2D eigenvalue weighted by Crippen LogP contribution is -2.41. The number of methoxy groups -OCH3 is 1. The Morgan fingerprint density at radius 1 is 1.62 bits per heavy atom. The molecule has 1 amide bonds. The maximum absolute atomic E-state index is 11.1. The van der Waals surface area contributed by atoms with E-state index in [2.05, 4.69) is 5.32 Å². The van der Waals surface area contributed by atoms with Crippen molar-refractivity contribution in [1.29, 1.82) is 0 Å². The average molecular weight is 211 g/mol. The Morgan fingerprint density at radius 2 is 2.23 bits per heavy atom. The van der Waals surface area contributed by atoms with Crippen LogP contribution in [-0.4, -0.2) is 32.2 Å². The largest absolute Gasteiger partial charge is 0.383 e. The summed E-state index contributed by atoms with van der Waals surface area (Å²) < 4.78 is 4.78. The fourth-order valence-electron chi connectivity index (χ4n) is 0.849. The van der Waals surface area contributed by atoms with Crippen LogP contribution >= 0.6 is 12.4 Å². The van der Waals surface area contributed by atoms with Crippen LogP contribution in [0.4, 0.5) is 0 Å². The number of amides is 1. The van der Waals surface area contributed by atoms with Gasteiger partial charge in [-0.05, 0) is 6.42 Å². The second-order valence-corrected chi connectivity index (χ2v) is 2.68. The van der Waals surface area contributed by atoms with E-state index in [1.54, 1.807) is 7.11 Å². The van der Waals surface area contributed by atoms with E-state index in [9.17, 15) is 4.79 Å². The molecule has 4 nitrogen and oxygen atoms in total. The van der Waals surface area contributed by atoms with Crippen molar-refractivity contribution < 1.29 is 9.53 Å². The van der Waals surface area contributed by atoms with Crippen molar-refractivity contribution in [2.75, 3.05) is 20.3 Å². The molecule has 0 bridgehead atoms. The summed E-state index contributed by atoms with van der Waals surface area (Å²) in [7, 11) is 1.60. The Labute approximate surface area is 85.6 Å². The zero-order valence-corrected chi connectivity index (χ0v) is 9.02. The molecular formula is C8H19ClN2O2. The number of nitrogens with one attached hydrogen (secondary N) is 1. The summed E-state index contributed by atoms with van der Waals surface area (Å²) >= 11 is 0. The monoisotopic (exact) mass is 210 g/mol. The van der Waals surface area contributed by atoms with E-state index >= 15 is 0 Å². The molecule has 0 radical (unpaired) electrons. The standard InChI is InChI=1S/C8H18N2O2.ClH/c1-3-4-7(9)8(11)10-5-6-12-2;/h7H,3-6,9H2,1-2H3,(H,10,11);1H. The van der Waals surface area contributed by atoms with Crippen LogP contribution in [0.5, 0.6) is 0 Å². The Balaban J connectivity index is 0. The van der Waals surface area contributed by atoms with E-state index in [1.807, 2.05) is 6.92 Å². The fraction of sp³-hybridized carbons (Fsp3) is 0.875. The third kappa shape index (κ3) is 8.02. The quantitative estimate of drug-likeness (QED) is 0.620. The molecular weight excluding hydrogens is 192 g/mol. The Kier molecular flexibility index (Phi) is 11.4. The number of ether oxygens (including phenoxy) is 1. The lowest BCUT2D eigenvalue weighted by Gasteiger charge is -2.10. The average Bonchev–Trinajstić information content (AvgIpc) is 2.05. The molecule has 0 aliphatic carbocycles. The van der Waals surface area contributed by atoms with Gasteiger partial charge in [-0.1, -0.05) is 13.3 Å². The van der Waals surface area contributed by atoms with Crippen molar-refractivity contribution in [3.8, 4) is 0 Å². The van der Waals surface area contributed by atoms with Gasteiger partial charge in [0.05, 0.1) is 12.6 Å². The summed E-state index contributed by atoms with van der Waals surface area (Å²) in [6.45, 7) is 3.07. The molecule has 0 spiro atoms. The molecule has 80 valence electrons. The molecule has 1 unspecified atom stereocenters. The molecule has 0 aromatic rings. The van der Waals surface area contributed by atoms with E-state index in [4.69, 9.17) is 10.5 Å². The Bertz CT molecular complexity index is 133. The number of hydrogen-bond donors (Lipinski definition) is 2. The molecule has 0 aromatic heterocycles. The van der Waals surface area contributed by atoms with Crippen LogP contribution in [0.25, 0.3) is 0 Å². The summed E-state index contributed by atoms with van der Waals surface area (Å²) in [5.74, 6) is -0.0890. The fourth-order valence-corrected chi connectivity index (χ4v) is 0.849. The zero-order valence-electron chi connectivity index (χ0n) is 8.21. The molecule has 0 saturated heterocycles. The summed E-state index contributed by atoms with van der Waals surface area (Å²) in [6, 6.07) is -0.369. The number of hydrogen-bond acceptors (Lipinski definition) is 3. The van der Waals surface area contributed by atoms with Gasteiger partial charge in [0.15, 0.2) is 0 Å². The topological polar surface area (TPSA) is 64.4 Å². The van der Waals surface area contributed by atoms with Crippen LogP contribution < -0.4 is 11.1 Å². The first kappa shape index (κ1) is 15.2. The number of carbonyl (C=O) groups excluding carboxylic acids is 1. The molecule has 3 N–H and O–H groups in total. The number of carbonyl (C=O) groups is 1. The lowest BCUT2D eigenvalue weighted by atomic mass is 10.2. The Morgan fingerprint density at radius 3 is 2.69 bits per heavy atom. The van der Waals surface area contributed by atoms with E-state index in [0.717, 1.165) is 12.8 Å². The number of nitrogens with two attached hydrogens (primary N) is 1. The van der Waals surface area contributed by atoms with Crippen LogP contribution in [0, 0.1) is 0 Å². The molecule has 0 rings (SSSR count). The molecule has 0 aliphatic heterocycles. The molecule has 5 heteroatoms. The van der Waals surface area contributed by atoms with Crippen molar-refractivity contribution in [2.24, 2.45) is 5.73 Å². The molecule has 0 heterocycles. The highest BCUT2D eigenvalue weighted by molar-refractivity contribution is 5.85.